The van der Waals surface area contributed by atoms with E-state index >= 15 is 0 Å². The molecule has 1 saturated carbocycles. The molecule has 1 heterocycles. The van der Waals surface area contributed by atoms with Crippen molar-refractivity contribution < 1.29 is 9.50 Å². The SMILES string of the molecule is N#Cc1cncc(-c2cc(F)ccc2O)c1C1CC1. The molecular formula is C15H11FN2O. The van der Waals surface area contributed by atoms with Gasteiger partial charge in [0.1, 0.15) is 17.6 Å². The number of aromatic nitrogens is 1. The standard InChI is InChI=1S/C15H11FN2O/c16-11-3-4-14(19)12(5-11)13-8-18-7-10(6-17)15(13)9-1-2-9/h3-5,7-9,19H,1-2H2. The van der Waals surface area contributed by atoms with Crippen LogP contribution < -0.4 is 0 Å². The third-order valence-electron chi connectivity index (χ3n) is 3.34. The van der Waals surface area contributed by atoms with E-state index in [1.54, 1.807) is 6.20 Å². The lowest BCUT2D eigenvalue weighted by molar-refractivity contribution is 0.475. The van der Waals surface area contributed by atoms with E-state index in [4.69, 9.17) is 5.26 Å². The number of hydrogen-bond donors (Lipinski definition) is 1. The van der Waals surface area contributed by atoms with Gasteiger partial charge >= 0.3 is 0 Å². The van der Waals surface area contributed by atoms with Crippen LogP contribution >= 0.6 is 0 Å². The summed E-state index contributed by atoms with van der Waals surface area (Å²) >= 11 is 0. The quantitative estimate of drug-likeness (QED) is 0.894. The molecule has 0 bridgehead atoms. The van der Waals surface area contributed by atoms with Crippen molar-refractivity contribution in [3.8, 4) is 22.9 Å². The van der Waals surface area contributed by atoms with Gasteiger partial charge in [-0.25, -0.2) is 4.39 Å². The minimum absolute atomic E-state index is 0.000176. The van der Waals surface area contributed by atoms with Gasteiger partial charge in [0.05, 0.1) is 5.56 Å². The maximum absolute atomic E-state index is 13.4. The van der Waals surface area contributed by atoms with Crippen LogP contribution in [0.15, 0.2) is 30.6 Å². The third-order valence-corrected chi connectivity index (χ3v) is 3.34. The molecule has 0 saturated heterocycles. The van der Waals surface area contributed by atoms with Crippen LogP contribution in [0.4, 0.5) is 4.39 Å². The van der Waals surface area contributed by atoms with E-state index in [2.05, 4.69) is 11.1 Å². The van der Waals surface area contributed by atoms with E-state index in [-0.39, 0.29) is 5.75 Å². The Morgan fingerprint density at radius 2 is 2.05 bits per heavy atom. The number of phenols is 1. The minimum atomic E-state index is -0.420. The molecule has 1 N–H and O–H groups in total. The summed E-state index contributed by atoms with van der Waals surface area (Å²) in [6.07, 6.45) is 5.14. The molecule has 0 radical (unpaired) electrons. The summed E-state index contributed by atoms with van der Waals surface area (Å²) in [5.74, 6) is -0.104. The average molecular weight is 254 g/mol. The first-order chi connectivity index (χ1) is 9.20. The lowest BCUT2D eigenvalue weighted by Gasteiger charge is -2.11. The highest BCUT2D eigenvalue weighted by Crippen LogP contribution is 2.47. The number of phenolic OH excluding ortho intramolecular Hbond substituents is 1. The van der Waals surface area contributed by atoms with Gasteiger partial charge in [-0.3, -0.25) is 4.98 Å². The number of hydrogen-bond acceptors (Lipinski definition) is 3. The molecule has 94 valence electrons. The summed E-state index contributed by atoms with van der Waals surface area (Å²) in [5.41, 5.74) is 2.42. The van der Waals surface area contributed by atoms with Crippen LogP contribution in [-0.4, -0.2) is 10.1 Å². The second-order valence-electron chi connectivity index (χ2n) is 4.70. The van der Waals surface area contributed by atoms with Gasteiger partial charge in [-0.05, 0) is 42.5 Å². The Bertz CT molecular complexity index is 687. The fraction of sp³-hybridized carbons (Fsp3) is 0.200. The molecule has 0 amide bonds. The zero-order valence-electron chi connectivity index (χ0n) is 10.1. The van der Waals surface area contributed by atoms with Crippen LogP contribution in [0.25, 0.3) is 11.1 Å². The first kappa shape index (κ1) is 11.7. The van der Waals surface area contributed by atoms with Gasteiger partial charge in [-0.15, -0.1) is 0 Å². The lowest BCUT2D eigenvalue weighted by atomic mass is 9.94. The molecule has 1 aliphatic carbocycles. The number of aromatic hydroxyl groups is 1. The first-order valence-corrected chi connectivity index (χ1v) is 6.07. The summed E-state index contributed by atoms with van der Waals surface area (Å²) in [6.45, 7) is 0. The number of halogens is 1. The van der Waals surface area contributed by atoms with Gasteiger partial charge in [0.15, 0.2) is 0 Å². The van der Waals surface area contributed by atoms with Gasteiger partial charge in [-0.1, -0.05) is 0 Å². The highest BCUT2D eigenvalue weighted by atomic mass is 19.1. The van der Waals surface area contributed by atoms with E-state index in [0.717, 1.165) is 18.4 Å². The molecule has 0 aliphatic heterocycles. The molecule has 0 unspecified atom stereocenters. The van der Waals surface area contributed by atoms with Gasteiger partial charge in [-0.2, -0.15) is 5.26 Å². The van der Waals surface area contributed by atoms with Crippen LogP contribution in [0, 0.1) is 17.1 Å². The number of pyridine rings is 1. The monoisotopic (exact) mass is 254 g/mol. The van der Waals surface area contributed by atoms with E-state index in [0.29, 0.717) is 22.6 Å². The van der Waals surface area contributed by atoms with Crippen LogP contribution in [0.5, 0.6) is 5.75 Å². The Hall–Kier alpha value is -2.41. The summed E-state index contributed by atoms with van der Waals surface area (Å²) in [5, 5.41) is 19.1. The Balaban J connectivity index is 2.25. The Morgan fingerprint density at radius 3 is 2.74 bits per heavy atom. The smallest absolute Gasteiger partial charge is 0.124 e. The number of nitriles is 1. The molecular weight excluding hydrogens is 243 g/mol. The summed E-state index contributed by atoms with van der Waals surface area (Å²) in [7, 11) is 0. The molecule has 0 spiro atoms. The molecule has 1 fully saturated rings. The van der Waals surface area contributed by atoms with Gasteiger partial charge in [0.2, 0.25) is 0 Å². The van der Waals surface area contributed by atoms with Crippen molar-refractivity contribution in [3.05, 3.63) is 47.5 Å². The number of benzene rings is 1. The zero-order valence-corrected chi connectivity index (χ0v) is 10.1. The van der Waals surface area contributed by atoms with Crippen LogP contribution in [0.2, 0.25) is 0 Å². The van der Waals surface area contributed by atoms with E-state index in [9.17, 15) is 9.50 Å². The van der Waals surface area contributed by atoms with Gasteiger partial charge in [0.25, 0.3) is 0 Å². The van der Waals surface area contributed by atoms with Gasteiger partial charge in [0, 0.05) is 23.5 Å². The fourth-order valence-electron chi connectivity index (χ4n) is 2.31. The Kier molecular flexibility index (Phi) is 2.68. The van der Waals surface area contributed by atoms with E-state index in [1.807, 2.05) is 0 Å². The van der Waals surface area contributed by atoms with Crippen molar-refractivity contribution in [2.75, 3.05) is 0 Å². The van der Waals surface area contributed by atoms with Crippen LogP contribution in [-0.2, 0) is 0 Å². The van der Waals surface area contributed by atoms with E-state index in [1.165, 1.54) is 24.4 Å². The topological polar surface area (TPSA) is 56.9 Å². The highest BCUT2D eigenvalue weighted by molar-refractivity contribution is 5.75. The molecule has 1 aromatic heterocycles. The summed E-state index contributed by atoms with van der Waals surface area (Å²) < 4.78 is 13.4. The predicted molar refractivity (Wildman–Crippen MR) is 68.0 cm³/mol. The van der Waals surface area contributed by atoms with Crippen LogP contribution in [0.3, 0.4) is 0 Å². The first-order valence-electron chi connectivity index (χ1n) is 6.07. The second kappa shape index (κ2) is 4.36. The van der Waals surface area contributed by atoms with Crippen LogP contribution in [0.1, 0.15) is 29.9 Å². The summed E-state index contributed by atoms with van der Waals surface area (Å²) in [4.78, 5) is 4.02. The predicted octanol–water partition coefficient (Wildman–Crippen LogP) is 3.34. The Morgan fingerprint density at radius 1 is 1.26 bits per heavy atom. The zero-order chi connectivity index (χ0) is 13.4. The van der Waals surface area contributed by atoms with E-state index < -0.39 is 5.82 Å². The Labute approximate surface area is 110 Å². The van der Waals surface area contributed by atoms with Crippen molar-refractivity contribution in [1.29, 1.82) is 5.26 Å². The molecule has 1 aliphatic rings. The maximum Gasteiger partial charge on any atom is 0.124 e. The van der Waals surface area contributed by atoms with Crippen molar-refractivity contribution in [2.45, 2.75) is 18.8 Å². The third kappa shape index (κ3) is 2.04. The molecule has 3 rings (SSSR count). The number of rotatable bonds is 2. The van der Waals surface area contributed by atoms with Crippen molar-refractivity contribution in [2.24, 2.45) is 0 Å². The van der Waals surface area contributed by atoms with Gasteiger partial charge < -0.3 is 5.11 Å². The molecule has 1 aromatic carbocycles. The maximum atomic E-state index is 13.4. The normalized spacial score (nSPS) is 14.1. The molecule has 4 heteroatoms. The molecule has 19 heavy (non-hydrogen) atoms. The number of nitrogens with zero attached hydrogens (tertiary/aromatic N) is 2. The fourth-order valence-corrected chi connectivity index (χ4v) is 2.31. The molecule has 2 aromatic rings. The minimum Gasteiger partial charge on any atom is -0.507 e. The van der Waals surface area contributed by atoms with Crippen molar-refractivity contribution >= 4 is 0 Å². The lowest BCUT2D eigenvalue weighted by Crippen LogP contribution is -1.95. The second-order valence-corrected chi connectivity index (χ2v) is 4.70. The highest BCUT2D eigenvalue weighted by Gasteiger charge is 2.30. The average Bonchev–Trinajstić information content (AvgIpc) is 3.25. The van der Waals surface area contributed by atoms with Crippen molar-refractivity contribution in [3.63, 3.8) is 0 Å². The summed E-state index contributed by atoms with van der Waals surface area (Å²) in [6, 6.07) is 5.93. The van der Waals surface area contributed by atoms with Crippen molar-refractivity contribution in [1.82, 2.24) is 4.98 Å². The molecule has 0 atom stereocenters. The largest absolute Gasteiger partial charge is 0.507 e. The molecule has 3 nitrogen and oxygen atoms in total.